The highest BCUT2D eigenvalue weighted by molar-refractivity contribution is 6.07. The van der Waals surface area contributed by atoms with E-state index < -0.39 is 51.7 Å². The Morgan fingerprint density at radius 3 is 2.44 bits per heavy atom. The average Bonchev–Trinajstić information content (AvgIpc) is 2.95. The lowest BCUT2D eigenvalue weighted by Gasteiger charge is -2.39. The molecule has 43 heavy (non-hydrogen) atoms. The number of amides is 1. The fraction of sp³-hybridized carbons (Fsp3) is 0.429. The van der Waals surface area contributed by atoms with Gasteiger partial charge in [0.2, 0.25) is 11.5 Å². The number of rotatable bonds is 5. The van der Waals surface area contributed by atoms with Crippen LogP contribution in [-0.4, -0.2) is 84.3 Å². The maximum absolute atomic E-state index is 16.3. The molecule has 15 heteroatoms. The molecule has 0 saturated carbocycles. The van der Waals surface area contributed by atoms with Crippen LogP contribution in [0.15, 0.2) is 35.5 Å². The van der Waals surface area contributed by atoms with Crippen molar-refractivity contribution in [3.8, 4) is 11.1 Å². The van der Waals surface area contributed by atoms with Crippen LogP contribution in [0.3, 0.4) is 0 Å². The van der Waals surface area contributed by atoms with Crippen molar-refractivity contribution in [2.24, 2.45) is 0 Å². The standard InChI is InChI=1S/C28H30F5N7O3/c1-15-13-39(5-4-38(15)3)21-9-20(29)23(17-10-35-27(36-11-17)40-6-7-43-16(2)14-40)24(30)25(21)37-26(42)18-12-34-22(41)8-19(18)28(31,32)33/h8-12,15-16H,4-7,13-14H2,1-3H3,(H,34,41)(H,37,42). The number of piperazine rings is 1. The zero-order chi connectivity index (χ0) is 31.1. The number of halogens is 5. The summed E-state index contributed by atoms with van der Waals surface area (Å²) in [6.07, 6.45) is -1.99. The number of anilines is 3. The summed E-state index contributed by atoms with van der Waals surface area (Å²) in [5.74, 6) is -3.16. The summed E-state index contributed by atoms with van der Waals surface area (Å²) in [4.78, 5) is 41.0. The van der Waals surface area contributed by atoms with Crippen molar-refractivity contribution in [1.82, 2.24) is 19.9 Å². The Labute approximate surface area is 243 Å². The summed E-state index contributed by atoms with van der Waals surface area (Å²) in [6, 6.07) is 1.27. The third-order valence-electron chi connectivity index (χ3n) is 7.66. The third kappa shape index (κ3) is 6.32. The number of pyridine rings is 1. The Kier molecular flexibility index (Phi) is 8.38. The van der Waals surface area contributed by atoms with E-state index in [0.29, 0.717) is 51.5 Å². The van der Waals surface area contributed by atoms with Crippen molar-refractivity contribution < 1.29 is 31.5 Å². The van der Waals surface area contributed by atoms with Crippen LogP contribution < -0.4 is 20.7 Å². The van der Waals surface area contributed by atoms with E-state index in [1.54, 1.807) is 4.90 Å². The molecule has 10 nitrogen and oxygen atoms in total. The Morgan fingerprint density at radius 1 is 1.07 bits per heavy atom. The average molecular weight is 608 g/mol. The van der Waals surface area contributed by atoms with E-state index in [9.17, 15) is 22.8 Å². The molecular formula is C28H30F5N7O3. The SMILES string of the molecule is CC1CN(c2ncc(-c3c(F)cc(N4CCN(C)C(C)C4)c(NC(=O)c4c[nH]c(=O)cc4C(F)(F)F)c3F)cn2)CCO1. The van der Waals surface area contributed by atoms with Gasteiger partial charge >= 0.3 is 6.18 Å². The van der Waals surface area contributed by atoms with Crippen molar-refractivity contribution in [3.63, 3.8) is 0 Å². The van der Waals surface area contributed by atoms with E-state index in [-0.39, 0.29) is 29.5 Å². The molecule has 0 bridgehead atoms. The topological polar surface area (TPSA) is 107 Å². The predicted octanol–water partition coefficient (Wildman–Crippen LogP) is 3.75. The minimum absolute atomic E-state index is 0.0250. The molecule has 2 saturated heterocycles. The first kappa shape index (κ1) is 30.4. The zero-order valence-corrected chi connectivity index (χ0v) is 23.6. The number of benzene rings is 1. The van der Waals surface area contributed by atoms with Gasteiger partial charge in [-0.05, 0) is 20.9 Å². The number of carbonyl (C=O) groups excluding carboxylic acids is 1. The van der Waals surface area contributed by atoms with E-state index in [2.05, 4.69) is 15.3 Å². The number of ether oxygens (including phenoxy) is 1. The van der Waals surface area contributed by atoms with Gasteiger partial charge in [-0.2, -0.15) is 13.2 Å². The molecule has 2 N–H and O–H groups in total. The van der Waals surface area contributed by atoms with E-state index in [0.717, 1.165) is 6.07 Å². The van der Waals surface area contributed by atoms with Gasteiger partial charge in [0.1, 0.15) is 11.5 Å². The maximum atomic E-state index is 16.3. The summed E-state index contributed by atoms with van der Waals surface area (Å²) in [5.41, 5.74) is -4.63. The van der Waals surface area contributed by atoms with Gasteiger partial charge in [0.25, 0.3) is 5.91 Å². The molecule has 0 spiro atoms. The largest absolute Gasteiger partial charge is 0.417 e. The quantitative estimate of drug-likeness (QED) is 0.423. The first-order valence-electron chi connectivity index (χ1n) is 13.6. The molecule has 2 fully saturated rings. The predicted molar refractivity (Wildman–Crippen MR) is 149 cm³/mol. The number of carbonyl (C=O) groups is 1. The number of likely N-dealkylation sites (N-methyl/N-ethyl adjacent to an activating group) is 1. The van der Waals surface area contributed by atoms with Crippen molar-refractivity contribution >= 4 is 23.2 Å². The Balaban J connectivity index is 1.57. The van der Waals surface area contributed by atoms with Gasteiger partial charge in [-0.1, -0.05) is 0 Å². The van der Waals surface area contributed by atoms with Crippen molar-refractivity contribution in [2.75, 3.05) is 61.5 Å². The molecule has 1 aromatic carbocycles. The maximum Gasteiger partial charge on any atom is 0.417 e. The van der Waals surface area contributed by atoms with Crippen LogP contribution in [0, 0.1) is 11.6 Å². The Morgan fingerprint density at radius 2 is 1.79 bits per heavy atom. The van der Waals surface area contributed by atoms with Crippen LogP contribution >= 0.6 is 0 Å². The summed E-state index contributed by atoms with van der Waals surface area (Å²) in [7, 11) is 1.89. The molecular weight excluding hydrogens is 577 g/mol. The van der Waals surface area contributed by atoms with Gasteiger partial charge in [0.15, 0.2) is 5.82 Å². The fourth-order valence-electron chi connectivity index (χ4n) is 5.20. The van der Waals surface area contributed by atoms with Gasteiger partial charge in [-0.25, -0.2) is 18.7 Å². The molecule has 4 heterocycles. The number of morpholine rings is 1. The molecule has 2 atom stereocenters. The lowest BCUT2D eigenvalue weighted by molar-refractivity contribution is -0.138. The van der Waals surface area contributed by atoms with Gasteiger partial charge in [0.05, 0.1) is 35.1 Å². The number of nitrogens with one attached hydrogen (secondary N) is 2. The molecule has 2 aromatic heterocycles. The minimum atomic E-state index is -5.04. The number of aromatic amines is 1. The molecule has 1 amide bonds. The molecule has 230 valence electrons. The van der Waals surface area contributed by atoms with Crippen LogP contribution in [0.25, 0.3) is 11.1 Å². The van der Waals surface area contributed by atoms with Crippen molar-refractivity contribution in [2.45, 2.75) is 32.2 Å². The van der Waals surface area contributed by atoms with E-state index in [4.69, 9.17) is 4.74 Å². The second-order valence-corrected chi connectivity index (χ2v) is 10.7. The summed E-state index contributed by atoms with van der Waals surface area (Å²) in [6.45, 7) is 6.55. The first-order valence-corrected chi connectivity index (χ1v) is 13.6. The summed E-state index contributed by atoms with van der Waals surface area (Å²) < 4.78 is 78.6. The zero-order valence-electron chi connectivity index (χ0n) is 23.6. The smallest absolute Gasteiger partial charge is 0.375 e. The van der Waals surface area contributed by atoms with E-state index >= 15 is 8.78 Å². The van der Waals surface area contributed by atoms with Gasteiger partial charge < -0.3 is 29.7 Å². The van der Waals surface area contributed by atoms with Crippen LogP contribution in [0.1, 0.15) is 29.8 Å². The molecule has 0 radical (unpaired) electrons. The Hall–Kier alpha value is -4.11. The monoisotopic (exact) mass is 607 g/mol. The molecule has 2 unspecified atom stereocenters. The van der Waals surface area contributed by atoms with Gasteiger partial charge in [0, 0.05) is 75.1 Å². The molecule has 3 aromatic rings. The molecule has 5 rings (SSSR count). The minimum Gasteiger partial charge on any atom is -0.375 e. The summed E-state index contributed by atoms with van der Waals surface area (Å²) >= 11 is 0. The Bertz CT molecular complexity index is 1560. The molecule has 2 aliphatic rings. The normalized spacial score (nSPS) is 19.9. The fourth-order valence-corrected chi connectivity index (χ4v) is 5.20. The number of H-pyrrole nitrogens is 1. The van der Waals surface area contributed by atoms with Gasteiger partial charge in [-0.3, -0.25) is 9.59 Å². The highest BCUT2D eigenvalue weighted by Gasteiger charge is 2.37. The molecule has 2 aliphatic heterocycles. The summed E-state index contributed by atoms with van der Waals surface area (Å²) in [5, 5.41) is 2.23. The lowest BCUT2D eigenvalue weighted by Crippen LogP contribution is -2.50. The lowest BCUT2D eigenvalue weighted by atomic mass is 10.0. The third-order valence-corrected chi connectivity index (χ3v) is 7.66. The van der Waals surface area contributed by atoms with Crippen molar-refractivity contribution in [3.05, 3.63) is 63.8 Å². The second-order valence-electron chi connectivity index (χ2n) is 10.7. The number of alkyl halides is 3. The molecule has 0 aliphatic carbocycles. The number of aromatic nitrogens is 3. The van der Waals surface area contributed by atoms with Crippen LogP contribution in [0.2, 0.25) is 0 Å². The van der Waals surface area contributed by atoms with Crippen LogP contribution in [0.4, 0.5) is 39.3 Å². The second kappa shape index (κ2) is 11.9. The highest BCUT2D eigenvalue weighted by atomic mass is 19.4. The number of hydrogen-bond donors (Lipinski definition) is 2. The van der Waals surface area contributed by atoms with Gasteiger partial charge in [-0.15, -0.1) is 0 Å². The van der Waals surface area contributed by atoms with E-state index in [1.165, 1.54) is 12.4 Å². The van der Waals surface area contributed by atoms with Crippen molar-refractivity contribution in [1.29, 1.82) is 0 Å². The van der Waals surface area contributed by atoms with E-state index in [1.807, 2.05) is 35.7 Å². The number of hydrogen-bond acceptors (Lipinski definition) is 8. The first-order chi connectivity index (χ1) is 20.3. The van der Waals surface area contributed by atoms with Crippen LogP contribution in [-0.2, 0) is 10.9 Å². The number of nitrogens with zero attached hydrogens (tertiary/aromatic N) is 5. The highest BCUT2D eigenvalue weighted by Crippen LogP contribution is 2.39. The van der Waals surface area contributed by atoms with Crippen LogP contribution in [0.5, 0.6) is 0 Å².